The van der Waals surface area contributed by atoms with Crippen LogP contribution >= 0.6 is 0 Å². The van der Waals surface area contributed by atoms with Crippen LogP contribution < -0.4 is 0 Å². The summed E-state index contributed by atoms with van der Waals surface area (Å²) in [6.07, 6.45) is 2.20. The van der Waals surface area contributed by atoms with Crippen LogP contribution in [0.3, 0.4) is 0 Å². The van der Waals surface area contributed by atoms with E-state index in [2.05, 4.69) is 13.8 Å². The van der Waals surface area contributed by atoms with Crippen molar-refractivity contribution >= 4 is 5.97 Å². The van der Waals surface area contributed by atoms with Gasteiger partial charge in [0, 0.05) is 24.7 Å². The highest BCUT2D eigenvalue weighted by molar-refractivity contribution is 5.66. The molecule has 4 bridgehead atoms. The largest absolute Gasteiger partial charge is 0.459 e. The Bertz CT molecular complexity index is 473. The van der Waals surface area contributed by atoms with Crippen LogP contribution in [0.25, 0.3) is 0 Å². The molecule has 0 aliphatic carbocycles. The Morgan fingerprint density at radius 2 is 1.67 bits per heavy atom. The highest BCUT2D eigenvalue weighted by Crippen LogP contribution is 2.62. The molecule has 4 heteroatoms. The first-order valence-corrected chi connectivity index (χ1v) is 8.32. The number of carbonyl (C=O) groups excluding carboxylic acids is 1. The predicted molar refractivity (Wildman–Crippen MR) is 76.6 cm³/mol. The lowest BCUT2D eigenvalue weighted by atomic mass is 9.60. The van der Waals surface area contributed by atoms with Crippen LogP contribution in [-0.2, 0) is 19.0 Å². The van der Waals surface area contributed by atoms with E-state index < -0.39 is 5.60 Å². The maximum Gasteiger partial charge on any atom is 0.303 e. The molecule has 0 N–H and O–H groups in total. The van der Waals surface area contributed by atoms with Gasteiger partial charge in [-0.3, -0.25) is 4.79 Å². The molecule has 0 saturated carbocycles. The Balaban J connectivity index is 1.59. The summed E-state index contributed by atoms with van der Waals surface area (Å²) < 4.78 is 18.2. The second kappa shape index (κ2) is 4.23. The number of hydrogen-bond acceptors (Lipinski definition) is 4. The summed E-state index contributed by atoms with van der Waals surface area (Å²) in [7, 11) is 0. The summed E-state index contributed by atoms with van der Waals surface area (Å²) in [4.78, 5) is 11.4. The molecule has 9 atom stereocenters. The fourth-order valence-corrected chi connectivity index (χ4v) is 5.68. The van der Waals surface area contributed by atoms with E-state index in [0.717, 1.165) is 6.42 Å². The zero-order chi connectivity index (χ0) is 15.1. The first-order valence-electron chi connectivity index (χ1n) is 8.32. The maximum atomic E-state index is 11.4. The number of carbonyl (C=O) groups is 1. The van der Waals surface area contributed by atoms with Crippen molar-refractivity contribution in [3.63, 3.8) is 0 Å². The van der Waals surface area contributed by atoms with Gasteiger partial charge in [-0.1, -0.05) is 13.8 Å². The third-order valence-corrected chi connectivity index (χ3v) is 6.71. The number of ether oxygens (including phenoxy) is 3. The summed E-state index contributed by atoms with van der Waals surface area (Å²) in [5, 5.41) is 0. The first-order chi connectivity index (χ1) is 9.81. The lowest BCUT2D eigenvalue weighted by Crippen LogP contribution is -2.51. The molecule has 4 nitrogen and oxygen atoms in total. The molecule has 0 amide bonds. The molecule has 118 valence electrons. The van der Waals surface area contributed by atoms with E-state index in [4.69, 9.17) is 14.2 Å². The Morgan fingerprint density at radius 3 is 2.29 bits per heavy atom. The van der Waals surface area contributed by atoms with Crippen LogP contribution in [0.1, 0.15) is 41.0 Å². The molecule has 0 aromatic rings. The third-order valence-electron chi connectivity index (χ3n) is 6.71. The van der Waals surface area contributed by atoms with Crippen LogP contribution in [0.4, 0.5) is 0 Å². The molecule has 9 unspecified atom stereocenters. The number of fused-ring (bicyclic) bond motifs is 9. The highest BCUT2D eigenvalue weighted by Gasteiger charge is 2.70. The Morgan fingerprint density at radius 1 is 1.05 bits per heavy atom. The molecular weight excluding hydrogens is 268 g/mol. The van der Waals surface area contributed by atoms with Crippen LogP contribution in [-0.4, -0.2) is 36.0 Å². The number of esters is 1. The molecule has 4 rings (SSSR count). The first kappa shape index (κ1) is 14.0. The van der Waals surface area contributed by atoms with Gasteiger partial charge in [0.2, 0.25) is 0 Å². The average Bonchev–Trinajstić information content (AvgIpc) is 3.08. The van der Waals surface area contributed by atoms with Gasteiger partial charge in [0.25, 0.3) is 0 Å². The van der Waals surface area contributed by atoms with Crippen molar-refractivity contribution in [2.45, 2.75) is 71.1 Å². The molecule has 0 radical (unpaired) electrons. The molecule has 0 aromatic heterocycles. The lowest BCUT2D eigenvalue weighted by Gasteiger charge is -2.42. The van der Waals surface area contributed by atoms with Crippen molar-refractivity contribution < 1.29 is 19.0 Å². The van der Waals surface area contributed by atoms with Gasteiger partial charge in [-0.2, -0.15) is 0 Å². The van der Waals surface area contributed by atoms with Crippen molar-refractivity contribution in [1.82, 2.24) is 0 Å². The van der Waals surface area contributed by atoms with Gasteiger partial charge in [0.05, 0.1) is 24.4 Å². The number of hydrogen-bond donors (Lipinski definition) is 0. The molecule has 4 aliphatic heterocycles. The quantitative estimate of drug-likeness (QED) is 0.734. The second-order valence-electron chi connectivity index (χ2n) is 8.12. The van der Waals surface area contributed by atoms with Crippen molar-refractivity contribution in [3.8, 4) is 0 Å². The smallest absolute Gasteiger partial charge is 0.303 e. The minimum absolute atomic E-state index is 0.194. The molecule has 4 saturated heterocycles. The van der Waals surface area contributed by atoms with E-state index in [1.807, 2.05) is 13.8 Å². The van der Waals surface area contributed by atoms with Crippen molar-refractivity contribution in [2.24, 2.45) is 29.6 Å². The average molecular weight is 294 g/mol. The number of rotatable bonds is 2. The van der Waals surface area contributed by atoms with Gasteiger partial charge in [0.1, 0.15) is 5.60 Å². The normalized spacial score (nSPS) is 54.0. The molecule has 4 heterocycles. The van der Waals surface area contributed by atoms with Gasteiger partial charge in [-0.15, -0.1) is 0 Å². The van der Waals surface area contributed by atoms with Crippen LogP contribution in [0.15, 0.2) is 0 Å². The second-order valence-corrected chi connectivity index (χ2v) is 8.12. The summed E-state index contributed by atoms with van der Waals surface area (Å²) in [5.41, 5.74) is -0.451. The van der Waals surface area contributed by atoms with Crippen molar-refractivity contribution in [2.75, 3.05) is 0 Å². The standard InChI is InChI=1S/C17H26O4/c1-7-8(2)15-13-12(14(7)20-15)11-6-10(16(13)19-11)17(4,5)21-9(3)18/h7-8,10-16H,6H2,1-5H3. The van der Waals surface area contributed by atoms with E-state index in [0.29, 0.717) is 42.0 Å². The van der Waals surface area contributed by atoms with Crippen LogP contribution in [0.2, 0.25) is 0 Å². The molecular formula is C17H26O4. The van der Waals surface area contributed by atoms with Crippen LogP contribution in [0, 0.1) is 29.6 Å². The van der Waals surface area contributed by atoms with E-state index in [-0.39, 0.29) is 18.0 Å². The third kappa shape index (κ3) is 1.72. The maximum absolute atomic E-state index is 11.4. The summed E-state index contributed by atoms with van der Waals surface area (Å²) in [6.45, 7) is 10.2. The minimum atomic E-state index is -0.451. The van der Waals surface area contributed by atoms with E-state index >= 15 is 0 Å². The van der Waals surface area contributed by atoms with Gasteiger partial charge in [-0.05, 0) is 32.1 Å². The SMILES string of the molecule is CC(=O)OC(C)(C)C1CC2OC1C1C3OC(C(C)C3C)C21. The Labute approximate surface area is 126 Å². The van der Waals surface area contributed by atoms with Gasteiger partial charge in [-0.25, -0.2) is 0 Å². The molecule has 0 aromatic carbocycles. The van der Waals surface area contributed by atoms with Crippen molar-refractivity contribution in [3.05, 3.63) is 0 Å². The van der Waals surface area contributed by atoms with Gasteiger partial charge in [0.15, 0.2) is 0 Å². The summed E-state index contributed by atoms with van der Waals surface area (Å²) >= 11 is 0. The zero-order valence-corrected chi connectivity index (χ0v) is 13.5. The van der Waals surface area contributed by atoms with Crippen molar-refractivity contribution in [1.29, 1.82) is 0 Å². The Hall–Kier alpha value is -0.610. The van der Waals surface area contributed by atoms with Crippen LogP contribution in [0.5, 0.6) is 0 Å². The lowest BCUT2D eigenvalue weighted by molar-refractivity contribution is -0.162. The van der Waals surface area contributed by atoms with E-state index in [1.165, 1.54) is 6.92 Å². The Kier molecular flexibility index (Phi) is 2.82. The minimum Gasteiger partial charge on any atom is -0.459 e. The summed E-state index contributed by atoms with van der Waals surface area (Å²) in [5.74, 6) is 2.40. The van der Waals surface area contributed by atoms with E-state index in [9.17, 15) is 4.79 Å². The monoisotopic (exact) mass is 294 g/mol. The van der Waals surface area contributed by atoms with Gasteiger partial charge >= 0.3 is 5.97 Å². The van der Waals surface area contributed by atoms with Gasteiger partial charge < -0.3 is 14.2 Å². The zero-order valence-electron chi connectivity index (χ0n) is 13.5. The molecule has 21 heavy (non-hydrogen) atoms. The molecule has 4 fully saturated rings. The highest BCUT2D eigenvalue weighted by atomic mass is 16.6. The molecule has 4 aliphatic rings. The summed E-state index contributed by atoms with van der Waals surface area (Å²) in [6, 6.07) is 0. The topological polar surface area (TPSA) is 44.8 Å². The van der Waals surface area contributed by atoms with E-state index in [1.54, 1.807) is 0 Å². The molecule has 0 spiro atoms. The fraction of sp³-hybridized carbons (Fsp3) is 0.941. The predicted octanol–water partition coefficient (Wildman–Crippen LogP) is 2.40. The fourth-order valence-electron chi connectivity index (χ4n) is 5.68.